The lowest BCUT2D eigenvalue weighted by Gasteiger charge is -2.12. The van der Waals surface area contributed by atoms with E-state index in [9.17, 15) is 10.1 Å². The zero-order valence-corrected chi connectivity index (χ0v) is 9.59. The second-order valence-corrected chi connectivity index (χ2v) is 4.48. The van der Waals surface area contributed by atoms with Gasteiger partial charge in [-0.3, -0.25) is 10.1 Å². The summed E-state index contributed by atoms with van der Waals surface area (Å²) in [6.45, 7) is 2.17. The number of anilines is 2. The highest BCUT2D eigenvalue weighted by Gasteiger charge is 2.25. The van der Waals surface area contributed by atoms with Crippen LogP contribution in [0.5, 0.6) is 0 Å². The normalized spacial score (nSPS) is 23.6. The van der Waals surface area contributed by atoms with Crippen LogP contribution < -0.4 is 11.1 Å². The van der Waals surface area contributed by atoms with Crippen molar-refractivity contribution in [2.24, 2.45) is 5.92 Å². The van der Waals surface area contributed by atoms with Crippen molar-refractivity contribution in [3.8, 4) is 0 Å². The zero-order valence-electron chi connectivity index (χ0n) is 9.59. The summed E-state index contributed by atoms with van der Waals surface area (Å²) in [4.78, 5) is 17.8. The number of nitrogens with two attached hydrogens (primary N) is 1. The fraction of sp³-hybridized carbons (Fsp3) is 0.600. The van der Waals surface area contributed by atoms with Gasteiger partial charge in [-0.2, -0.15) is 4.98 Å². The molecule has 1 aliphatic carbocycles. The van der Waals surface area contributed by atoms with Crippen LogP contribution in [0, 0.1) is 16.0 Å². The van der Waals surface area contributed by atoms with Gasteiger partial charge in [0.05, 0.1) is 4.92 Å². The summed E-state index contributed by atoms with van der Waals surface area (Å²) in [6, 6.07) is 0.234. The van der Waals surface area contributed by atoms with Gasteiger partial charge < -0.3 is 11.1 Å². The molecule has 1 heterocycles. The molecule has 7 nitrogen and oxygen atoms in total. The lowest BCUT2D eigenvalue weighted by molar-refractivity contribution is -0.384. The van der Waals surface area contributed by atoms with Gasteiger partial charge in [-0.15, -0.1) is 0 Å². The molecule has 1 aromatic rings. The Morgan fingerprint density at radius 1 is 1.59 bits per heavy atom. The van der Waals surface area contributed by atoms with Gasteiger partial charge >= 0.3 is 5.69 Å². The molecule has 1 aromatic heterocycles. The lowest BCUT2D eigenvalue weighted by Crippen LogP contribution is -2.18. The molecule has 2 atom stereocenters. The first-order chi connectivity index (χ1) is 8.06. The van der Waals surface area contributed by atoms with E-state index in [-0.39, 0.29) is 23.5 Å². The maximum atomic E-state index is 10.8. The van der Waals surface area contributed by atoms with Crippen molar-refractivity contribution in [3.63, 3.8) is 0 Å². The zero-order chi connectivity index (χ0) is 12.4. The molecule has 3 N–H and O–H groups in total. The first-order valence-electron chi connectivity index (χ1n) is 5.59. The van der Waals surface area contributed by atoms with E-state index in [1.807, 2.05) is 0 Å². The molecule has 17 heavy (non-hydrogen) atoms. The minimum absolute atomic E-state index is 0.0455. The Labute approximate surface area is 98.6 Å². The maximum absolute atomic E-state index is 10.8. The fourth-order valence-corrected chi connectivity index (χ4v) is 2.16. The van der Waals surface area contributed by atoms with Crippen molar-refractivity contribution in [2.75, 3.05) is 11.1 Å². The van der Waals surface area contributed by atoms with Gasteiger partial charge in [0.2, 0.25) is 11.8 Å². The summed E-state index contributed by atoms with van der Waals surface area (Å²) in [6.07, 6.45) is 4.28. The average molecular weight is 237 g/mol. The Morgan fingerprint density at radius 3 is 2.94 bits per heavy atom. The van der Waals surface area contributed by atoms with Gasteiger partial charge in [-0.1, -0.05) is 6.92 Å². The van der Waals surface area contributed by atoms with Crippen molar-refractivity contribution >= 4 is 17.5 Å². The highest BCUT2D eigenvalue weighted by atomic mass is 16.6. The Kier molecular flexibility index (Phi) is 3.08. The van der Waals surface area contributed by atoms with Crippen molar-refractivity contribution in [1.82, 2.24) is 9.97 Å². The van der Waals surface area contributed by atoms with Gasteiger partial charge in [0.1, 0.15) is 6.20 Å². The highest BCUT2D eigenvalue weighted by molar-refractivity contribution is 5.56. The first-order valence-corrected chi connectivity index (χ1v) is 5.59. The molecule has 2 unspecified atom stereocenters. The van der Waals surface area contributed by atoms with Crippen LogP contribution in [-0.2, 0) is 0 Å². The van der Waals surface area contributed by atoms with Crippen LogP contribution in [0.2, 0.25) is 0 Å². The minimum Gasteiger partial charge on any atom is -0.368 e. The molecule has 1 fully saturated rings. The molecule has 92 valence electrons. The predicted molar refractivity (Wildman–Crippen MR) is 63.5 cm³/mol. The second kappa shape index (κ2) is 4.52. The monoisotopic (exact) mass is 237 g/mol. The minimum atomic E-state index is -0.500. The molecule has 0 bridgehead atoms. The van der Waals surface area contributed by atoms with Crippen LogP contribution in [0.15, 0.2) is 6.20 Å². The summed E-state index contributed by atoms with van der Waals surface area (Å²) in [5, 5.41) is 13.9. The van der Waals surface area contributed by atoms with E-state index in [0.717, 1.165) is 25.5 Å². The van der Waals surface area contributed by atoms with Crippen LogP contribution in [-0.4, -0.2) is 20.9 Å². The highest BCUT2D eigenvalue weighted by Crippen LogP contribution is 2.29. The van der Waals surface area contributed by atoms with Crippen LogP contribution in [0.25, 0.3) is 0 Å². The Morgan fingerprint density at radius 2 is 2.35 bits per heavy atom. The first kappa shape index (κ1) is 11.6. The number of hydrogen-bond acceptors (Lipinski definition) is 6. The molecule has 0 amide bonds. The fourth-order valence-electron chi connectivity index (χ4n) is 2.16. The molecule has 7 heteroatoms. The van der Waals surface area contributed by atoms with Crippen molar-refractivity contribution in [3.05, 3.63) is 16.3 Å². The summed E-state index contributed by atoms with van der Waals surface area (Å²) in [5.41, 5.74) is 5.32. The maximum Gasteiger partial charge on any atom is 0.329 e. The predicted octanol–water partition coefficient (Wildman–Crippen LogP) is 1.57. The van der Waals surface area contributed by atoms with Crippen molar-refractivity contribution in [1.29, 1.82) is 0 Å². The van der Waals surface area contributed by atoms with E-state index in [4.69, 9.17) is 5.73 Å². The number of hydrogen-bond donors (Lipinski definition) is 2. The number of nitro groups is 1. The number of rotatable bonds is 3. The molecule has 0 aromatic carbocycles. The molecule has 1 aliphatic rings. The topological polar surface area (TPSA) is 107 Å². The number of aromatic nitrogens is 2. The quantitative estimate of drug-likeness (QED) is 0.610. The van der Waals surface area contributed by atoms with Crippen molar-refractivity contribution < 1.29 is 4.92 Å². The Hall–Kier alpha value is -1.92. The second-order valence-electron chi connectivity index (χ2n) is 4.48. The number of nitrogens with zero attached hydrogens (tertiary/aromatic N) is 3. The summed E-state index contributed by atoms with van der Waals surface area (Å²) in [7, 11) is 0. The molecule has 0 saturated heterocycles. The lowest BCUT2D eigenvalue weighted by atomic mass is 10.1. The molecular formula is C10H15N5O2. The van der Waals surface area contributed by atoms with Crippen molar-refractivity contribution in [2.45, 2.75) is 32.2 Å². The van der Waals surface area contributed by atoms with Gasteiger partial charge in [0.15, 0.2) is 0 Å². The molecular weight excluding hydrogens is 222 g/mol. The average Bonchev–Trinajstić information content (AvgIpc) is 2.63. The number of nitrogen functional groups attached to an aromatic ring is 1. The molecule has 1 saturated carbocycles. The smallest absolute Gasteiger partial charge is 0.329 e. The van der Waals surface area contributed by atoms with E-state index in [2.05, 4.69) is 22.2 Å². The largest absolute Gasteiger partial charge is 0.368 e. The Bertz CT molecular complexity index is 437. The standard InChI is InChI=1S/C10H15N5O2/c1-6-2-3-7(4-6)13-9-8(15(16)17)5-12-10(11)14-9/h5-7H,2-4H2,1H3,(H3,11,12,13,14). The van der Waals surface area contributed by atoms with Crippen LogP contribution in [0.1, 0.15) is 26.2 Å². The molecule has 2 rings (SSSR count). The van der Waals surface area contributed by atoms with Gasteiger partial charge in [0.25, 0.3) is 0 Å². The SMILES string of the molecule is CC1CCC(Nc2nc(N)ncc2[N+](=O)[O-])C1. The third kappa shape index (κ3) is 2.61. The van der Waals surface area contributed by atoms with E-state index < -0.39 is 4.92 Å². The summed E-state index contributed by atoms with van der Waals surface area (Å²) < 4.78 is 0. The van der Waals surface area contributed by atoms with Crippen LogP contribution in [0.3, 0.4) is 0 Å². The van der Waals surface area contributed by atoms with E-state index in [0.29, 0.717) is 5.92 Å². The molecule has 0 radical (unpaired) electrons. The van der Waals surface area contributed by atoms with Crippen LogP contribution >= 0.6 is 0 Å². The van der Waals surface area contributed by atoms with E-state index in [1.54, 1.807) is 0 Å². The third-order valence-corrected chi connectivity index (χ3v) is 3.02. The van der Waals surface area contributed by atoms with Gasteiger partial charge in [-0.05, 0) is 25.2 Å². The van der Waals surface area contributed by atoms with Crippen LogP contribution in [0.4, 0.5) is 17.5 Å². The van der Waals surface area contributed by atoms with Gasteiger partial charge in [0, 0.05) is 6.04 Å². The van der Waals surface area contributed by atoms with Gasteiger partial charge in [-0.25, -0.2) is 4.98 Å². The Balaban J connectivity index is 2.19. The van der Waals surface area contributed by atoms with E-state index >= 15 is 0 Å². The molecule has 0 spiro atoms. The van der Waals surface area contributed by atoms with E-state index in [1.165, 1.54) is 0 Å². The number of nitrogens with one attached hydrogen (secondary N) is 1. The summed E-state index contributed by atoms with van der Waals surface area (Å²) in [5.74, 6) is 0.913. The summed E-state index contributed by atoms with van der Waals surface area (Å²) >= 11 is 0. The molecule has 0 aliphatic heterocycles. The third-order valence-electron chi connectivity index (χ3n) is 3.02.